The Bertz CT molecular complexity index is 404. The third-order valence-electron chi connectivity index (χ3n) is 3.08. The molecular formula is C13H18N2O2. The first kappa shape index (κ1) is 12.1. The SMILES string of the molecule is NNC(=O)COCc1ccc2c(c1)CCCC2. The molecule has 2 rings (SSSR count). The van der Waals surface area contributed by atoms with Gasteiger partial charge >= 0.3 is 0 Å². The molecule has 0 aromatic heterocycles. The minimum absolute atomic E-state index is 0.00752. The van der Waals surface area contributed by atoms with Gasteiger partial charge in [-0.25, -0.2) is 5.84 Å². The number of benzene rings is 1. The number of carbonyl (C=O) groups is 1. The van der Waals surface area contributed by atoms with E-state index < -0.39 is 0 Å². The van der Waals surface area contributed by atoms with Crippen molar-refractivity contribution in [3.8, 4) is 0 Å². The van der Waals surface area contributed by atoms with E-state index in [2.05, 4.69) is 18.2 Å². The van der Waals surface area contributed by atoms with Gasteiger partial charge in [-0.3, -0.25) is 10.2 Å². The average Bonchev–Trinajstić information content (AvgIpc) is 2.38. The molecule has 0 aliphatic heterocycles. The number of nitrogens with two attached hydrogens (primary N) is 1. The fraction of sp³-hybridized carbons (Fsp3) is 0.462. The van der Waals surface area contributed by atoms with Crippen molar-refractivity contribution in [2.24, 2.45) is 5.84 Å². The number of amides is 1. The van der Waals surface area contributed by atoms with Gasteiger partial charge in [-0.1, -0.05) is 18.2 Å². The summed E-state index contributed by atoms with van der Waals surface area (Å²) in [5.74, 6) is 4.66. The predicted octanol–water partition coefficient (Wildman–Crippen LogP) is 1.07. The number of hydrogen-bond donors (Lipinski definition) is 2. The minimum Gasteiger partial charge on any atom is -0.367 e. The summed E-state index contributed by atoms with van der Waals surface area (Å²) in [6.07, 6.45) is 4.91. The van der Waals surface area contributed by atoms with Crippen LogP contribution in [0.2, 0.25) is 0 Å². The number of hydrazine groups is 1. The lowest BCUT2D eigenvalue weighted by Gasteiger charge is -2.16. The molecule has 0 radical (unpaired) electrons. The van der Waals surface area contributed by atoms with Crippen LogP contribution in [0.1, 0.15) is 29.5 Å². The Labute approximate surface area is 101 Å². The molecule has 1 aromatic carbocycles. The van der Waals surface area contributed by atoms with Crippen LogP contribution in [-0.4, -0.2) is 12.5 Å². The lowest BCUT2D eigenvalue weighted by molar-refractivity contribution is -0.126. The molecule has 17 heavy (non-hydrogen) atoms. The maximum absolute atomic E-state index is 10.9. The van der Waals surface area contributed by atoms with Gasteiger partial charge in [-0.15, -0.1) is 0 Å². The molecule has 0 saturated heterocycles. The second-order valence-corrected chi connectivity index (χ2v) is 4.37. The number of nitrogens with one attached hydrogen (secondary N) is 1. The summed E-state index contributed by atoms with van der Waals surface area (Å²) in [4.78, 5) is 10.9. The molecule has 4 heteroatoms. The van der Waals surface area contributed by atoms with Gasteiger partial charge in [0.25, 0.3) is 5.91 Å². The fourth-order valence-electron chi connectivity index (χ4n) is 2.18. The smallest absolute Gasteiger partial charge is 0.259 e. The van der Waals surface area contributed by atoms with Gasteiger partial charge in [-0.05, 0) is 42.4 Å². The molecule has 0 heterocycles. The van der Waals surface area contributed by atoms with E-state index in [4.69, 9.17) is 10.6 Å². The van der Waals surface area contributed by atoms with Crippen LogP contribution in [0.4, 0.5) is 0 Å². The summed E-state index contributed by atoms with van der Waals surface area (Å²) >= 11 is 0. The van der Waals surface area contributed by atoms with Gasteiger partial charge in [0, 0.05) is 0 Å². The number of rotatable bonds is 4. The van der Waals surface area contributed by atoms with Crippen LogP contribution in [0.3, 0.4) is 0 Å². The highest BCUT2D eigenvalue weighted by molar-refractivity contribution is 5.76. The minimum atomic E-state index is -0.303. The molecule has 4 nitrogen and oxygen atoms in total. The molecule has 0 saturated carbocycles. The Kier molecular flexibility index (Phi) is 4.12. The lowest BCUT2D eigenvalue weighted by Crippen LogP contribution is -2.33. The van der Waals surface area contributed by atoms with E-state index in [-0.39, 0.29) is 12.5 Å². The number of fused-ring (bicyclic) bond motifs is 1. The van der Waals surface area contributed by atoms with Gasteiger partial charge in [0.05, 0.1) is 6.61 Å². The first-order chi connectivity index (χ1) is 8.29. The summed E-state index contributed by atoms with van der Waals surface area (Å²) < 4.78 is 5.27. The van der Waals surface area contributed by atoms with Crippen molar-refractivity contribution in [3.63, 3.8) is 0 Å². The highest BCUT2D eigenvalue weighted by atomic mass is 16.5. The zero-order valence-corrected chi connectivity index (χ0v) is 9.87. The molecule has 0 fully saturated rings. The third kappa shape index (κ3) is 3.28. The highest BCUT2D eigenvalue weighted by Crippen LogP contribution is 2.22. The molecule has 3 N–H and O–H groups in total. The van der Waals surface area contributed by atoms with Crippen molar-refractivity contribution in [3.05, 3.63) is 34.9 Å². The predicted molar refractivity (Wildman–Crippen MR) is 65.1 cm³/mol. The molecule has 1 aliphatic carbocycles. The number of aryl methyl sites for hydroxylation is 2. The molecule has 1 aliphatic rings. The molecule has 0 unspecified atom stereocenters. The van der Waals surface area contributed by atoms with Crippen molar-refractivity contribution >= 4 is 5.91 Å². The Morgan fingerprint density at radius 3 is 2.82 bits per heavy atom. The van der Waals surface area contributed by atoms with E-state index in [0.717, 1.165) is 12.0 Å². The Hall–Kier alpha value is -1.39. The van der Waals surface area contributed by atoms with Crippen LogP contribution < -0.4 is 11.3 Å². The number of hydrogen-bond acceptors (Lipinski definition) is 3. The first-order valence-corrected chi connectivity index (χ1v) is 5.97. The summed E-state index contributed by atoms with van der Waals surface area (Å²) in [5.41, 5.74) is 6.05. The Morgan fingerprint density at radius 1 is 1.29 bits per heavy atom. The van der Waals surface area contributed by atoms with Gasteiger partial charge in [0.15, 0.2) is 0 Å². The normalized spacial score (nSPS) is 14.2. The van der Waals surface area contributed by atoms with Crippen LogP contribution in [0.25, 0.3) is 0 Å². The van der Waals surface area contributed by atoms with Crippen molar-refractivity contribution in [1.82, 2.24) is 5.43 Å². The van der Waals surface area contributed by atoms with Crippen LogP contribution in [0.5, 0.6) is 0 Å². The molecule has 92 valence electrons. The van der Waals surface area contributed by atoms with Crippen molar-refractivity contribution < 1.29 is 9.53 Å². The molecule has 0 bridgehead atoms. The van der Waals surface area contributed by atoms with Gasteiger partial charge in [-0.2, -0.15) is 0 Å². The van der Waals surface area contributed by atoms with Crippen LogP contribution in [0, 0.1) is 0 Å². The first-order valence-electron chi connectivity index (χ1n) is 5.97. The van der Waals surface area contributed by atoms with Gasteiger partial charge < -0.3 is 4.74 Å². The molecule has 1 aromatic rings. The Balaban J connectivity index is 1.91. The zero-order chi connectivity index (χ0) is 12.1. The second kappa shape index (κ2) is 5.80. The molecule has 0 spiro atoms. The Morgan fingerprint density at radius 2 is 2.06 bits per heavy atom. The van der Waals surface area contributed by atoms with E-state index in [1.807, 2.05) is 5.43 Å². The summed E-state index contributed by atoms with van der Waals surface area (Å²) in [6, 6.07) is 6.44. The second-order valence-electron chi connectivity index (χ2n) is 4.37. The standard InChI is InChI=1S/C13H18N2O2/c14-15-13(16)9-17-8-10-5-6-11-3-1-2-4-12(11)7-10/h5-7H,1-4,8-9,14H2,(H,15,16). The van der Waals surface area contributed by atoms with Crippen molar-refractivity contribution in [2.75, 3.05) is 6.61 Å². The maximum Gasteiger partial charge on any atom is 0.259 e. The topological polar surface area (TPSA) is 64.3 Å². The summed E-state index contributed by atoms with van der Waals surface area (Å²) in [6.45, 7) is 0.467. The van der Waals surface area contributed by atoms with E-state index in [1.165, 1.54) is 30.4 Å². The van der Waals surface area contributed by atoms with Crippen molar-refractivity contribution in [1.29, 1.82) is 0 Å². The van der Waals surface area contributed by atoms with E-state index in [0.29, 0.717) is 6.61 Å². The van der Waals surface area contributed by atoms with E-state index in [9.17, 15) is 4.79 Å². The number of carbonyl (C=O) groups excluding carboxylic acids is 1. The quantitative estimate of drug-likeness (QED) is 0.465. The number of ether oxygens (including phenoxy) is 1. The van der Waals surface area contributed by atoms with E-state index in [1.54, 1.807) is 0 Å². The summed E-state index contributed by atoms with van der Waals surface area (Å²) in [7, 11) is 0. The average molecular weight is 234 g/mol. The largest absolute Gasteiger partial charge is 0.367 e. The molecular weight excluding hydrogens is 216 g/mol. The zero-order valence-electron chi connectivity index (χ0n) is 9.87. The van der Waals surface area contributed by atoms with Gasteiger partial charge in [0.1, 0.15) is 6.61 Å². The highest BCUT2D eigenvalue weighted by Gasteiger charge is 2.09. The summed E-state index contributed by atoms with van der Waals surface area (Å²) in [5, 5.41) is 0. The monoisotopic (exact) mass is 234 g/mol. The lowest BCUT2D eigenvalue weighted by atomic mass is 9.90. The van der Waals surface area contributed by atoms with Crippen LogP contribution in [0.15, 0.2) is 18.2 Å². The van der Waals surface area contributed by atoms with Crippen LogP contribution in [-0.2, 0) is 29.0 Å². The fourth-order valence-corrected chi connectivity index (χ4v) is 2.18. The van der Waals surface area contributed by atoms with Crippen molar-refractivity contribution in [2.45, 2.75) is 32.3 Å². The third-order valence-corrected chi connectivity index (χ3v) is 3.08. The van der Waals surface area contributed by atoms with E-state index >= 15 is 0 Å². The van der Waals surface area contributed by atoms with Gasteiger partial charge in [0.2, 0.25) is 0 Å². The molecule has 1 amide bonds. The van der Waals surface area contributed by atoms with Crippen LogP contribution >= 0.6 is 0 Å². The molecule has 0 atom stereocenters. The maximum atomic E-state index is 10.9.